The third kappa shape index (κ3) is 13.6. The molecule has 4 bridgehead atoms. The van der Waals surface area contributed by atoms with Gasteiger partial charge in [-0.2, -0.15) is 0 Å². The summed E-state index contributed by atoms with van der Waals surface area (Å²) in [5, 5.41) is 5.43. The Hall–Kier alpha value is -7.88. The minimum absolute atomic E-state index is 0.00952. The van der Waals surface area contributed by atoms with Crippen molar-refractivity contribution in [2.45, 2.75) is 129 Å². The molecule has 4 atom stereocenters. The van der Waals surface area contributed by atoms with Crippen LogP contribution in [0.5, 0.6) is 0 Å². The number of rotatable bonds is 21. The molecule has 4 aliphatic carbocycles. The van der Waals surface area contributed by atoms with Gasteiger partial charge in [0.25, 0.3) is 11.8 Å². The summed E-state index contributed by atoms with van der Waals surface area (Å²) in [7, 11) is 1.43. The summed E-state index contributed by atoms with van der Waals surface area (Å²) in [5.41, 5.74) is 0.654. The van der Waals surface area contributed by atoms with Gasteiger partial charge in [-0.1, -0.05) is 62.9 Å². The van der Waals surface area contributed by atoms with Crippen LogP contribution >= 0.6 is 0 Å². The van der Waals surface area contributed by atoms with Crippen LogP contribution in [0.15, 0.2) is 109 Å². The van der Waals surface area contributed by atoms with E-state index in [0.717, 1.165) is 12.0 Å². The highest BCUT2D eigenvalue weighted by Crippen LogP contribution is 2.60. The number of anilines is 1. The molecule has 0 radical (unpaired) electrons. The molecule has 4 fully saturated rings. The van der Waals surface area contributed by atoms with E-state index in [-0.39, 0.29) is 82.5 Å². The molecule has 4 aliphatic rings. The Morgan fingerprint density at radius 1 is 0.610 bits per heavy atom. The topological polar surface area (TPSA) is 216 Å². The zero-order chi connectivity index (χ0) is 56.0. The van der Waals surface area contributed by atoms with Crippen molar-refractivity contribution in [3.8, 4) is 0 Å². The van der Waals surface area contributed by atoms with Crippen LogP contribution in [0.25, 0.3) is 0 Å². The zero-order valence-electron chi connectivity index (χ0n) is 45.1. The monoisotopic (exact) mass is 1050 g/mol. The van der Waals surface area contributed by atoms with Gasteiger partial charge in [-0.15, -0.1) is 0 Å². The van der Waals surface area contributed by atoms with Crippen LogP contribution in [-0.2, 0) is 43.4 Å². The SMILES string of the molecule is C=C(C)C(=O)OC(C)CCOC(=O)c1ccc(C(C)(C)c2ccc(C(=O)OCCC(C)OC(=O)C(=C)C)c(C(=O)Nc3cccc(C(=O)OC45CC6CC(CC(OC(=O)c7cccc(C)c7)(C6)C4)C5)c3)c2)cc1C(=O)NC. The molecule has 4 aromatic carbocycles. The van der Waals surface area contributed by atoms with Crippen LogP contribution < -0.4 is 10.6 Å². The largest absolute Gasteiger partial charge is 0.462 e. The van der Waals surface area contributed by atoms with Crippen molar-refractivity contribution >= 4 is 53.3 Å². The molecule has 16 heteroatoms. The van der Waals surface area contributed by atoms with Gasteiger partial charge >= 0.3 is 35.8 Å². The number of hydrogen-bond donors (Lipinski definition) is 2. The van der Waals surface area contributed by atoms with E-state index in [4.69, 9.17) is 28.4 Å². The van der Waals surface area contributed by atoms with Crippen LogP contribution in [0.1, 0.15) is 172 Å². The summed E-state index contributed by atoms with van der Waals surface area (Å²) < 4.78 is 34.5. The van der Waals surface area contributed by atoms with Crippen LogP contribution in [0.4, 0.5) is 5.69 Å². The number of carbonyl (C=O) groups excluding carboxylic acids is 8. The predicted molar refractivity (Wildman–Crippen MR) is 285 cm³/mol. The van der Waals surface area contributed by atoms with E-state index in [2.05, 4.69) is 23.8 Å². The molecule has 4 unspecified atom stereocenters. The van der Waals surface area contributed by atoms with E-state index < -0.39 is 76.5 Å². The van der Waals surface area contributed by atoms with Gasteiger partial charge in [0.15, 0.2) is 0 Å². The maximum absolute atomic E-state index is 14.6. The second kappa shape index (κ2) is 23.6. The van der Waals surface area contributed by atoms with Crippen LogP contribution in [0, 0.1) is 18.8 Å². The lowest BCUT2D eigenvalue weighted by Gasteiger charge is -2.60. The molecule has 4 saturated carbocycles. The van der Waals surface area contributed by atoms with E-state index in [1.165, 1.54) is 39.1 Å². The average molecular weight is 1050 g/mol. The predicted octanol–water partition coefficient (Wildman–Crippen LogP) is 10.1. The normalized spacial score (nSPS) is 19.8. The van der Waals surface area contributed by atoms with Crippen molar-refractivity contribution in [3.63, 3.8) is 0 Å². The van der Waals surface area contributed by atoms with Crippen molar-refractivity contribution in [1.29, 1.82) is 0 Å². The molecule has 0 saturated heterocycles. The molecule has 0 heterocycles. The average Bonchev–Trinajstić information content (AvgIpc) is 3.42. The zero-order valence-corrected chi connectivity index (χ0v) is 45.1. The fourth-order valence-electron chi connectivity index (χ4n) is 10.9. The number of benzene rings is 4. The summed E-state index contributed by atoms with van der Waals surface area (Å²) in [6, 6.07) is 22.9. The van der Waals surface area contributed by atoms with E-state index >= 15 is 0 Å². The Labute approximate surface area is 449 Å². The molecular weight excluding hydrogens is 985 g/mol. The Morgan fingerprint density at radius 2 is 1.06 bits per heavy atom. The van der Waals surface area contributed by atoms with Gasteiger partial charge in [0, 0.05) is 48.6 Å². The number of nitrogens with one attached hydrogen (secondary N) is 2. The number of amides is 2. The summed E-state index contributed by atoms with van der Waals surface area (Å²) >= 11 is 0. The Balaban J connectivity index is 1.12. The van der Waals surface area contributed by atoms with Crippen molar-refractivity contribution in [2.75, 3.05) is 25.6 Å². The third-order valence-corrected chi connectivity index (χ3v) is 14.6. The highest BCUT2D eigenvalue weighted by molar-refractivity contribution is 6.11. The minimum Gasteiger partial charge on any atom is -0.462 e. The van der Waals surface area contributed by atoms with Gasteiger partial charge < -0.3 is 39.1 Å². The Bertz CT molecular complexity index is 3010. The highest BCUT2D eigenvalue weighted by Gasteiger charge is 2.61. The fraction of sp³-hybridized carbons (Fsp3) is 0.410. The molecule has 2 amide bonds. The molecule has 2 N–H and O–H groups in total. The van der Waals surface area contributed by atoms with Crippen LogP contribution in [0.3, 0.4) is 0 Å². The second-order valence-corrected chi connectivity index (χ2v) is 21.6. The lowest BCUT2D eigenvalue weighted by atomic mass is 9.52. The lowest BCUT2D eigenvalue weighted by molar-refractivity contribution is -0.200. The van der Waals surface area contributed by atoms with Gasteiger partial charge in [-0.05, 0) is 144 Å². The molecule has 16 nitrogen and oxygen atoms in total. The first kappa shape index (κ1) is 56.8. The van der Waals surface area contributed by atoms with Gasteiger partial charge in [0.2, 0.25) is 0 Å². The number of carbonyl (C=O) groups is 8. The fourth-order valence-corrected chi connectivity index (χ4v) is 10.9. The van der Waals surface area contributed by atoms with E-state index in [1.807, 2.05) is 32.9 Å². The van der Waals surface area contributed by atoms with Crippen LogP contribution in [0.2, 0.25) is 0 Å². The summed E-state index contributed by atoms with van der Waals surface area (Å²) in [4.78, 5) is 107. The van der Waals surface area contributed by atoms with E-state index in [1.54, 1.807) is 68.4 Å². The quantitative estimate of drug-likeness (QED) is 0.0451. The summed E-state index contributed by atoms with van der Waals surface area (Å²) in [6.07, 6.45) is 3.26. The van der Waals surface area contributed by atoms with Crippen molar-refractivity contribution in [2.24, 2.45) is 11.8 Å². The molecule has 4 aromatic rings. The second-order valence-electron chi connectivity index (χ2n) is 21.6. The molecule has 8 rings (SSSR count). The van der Waals surface area contributed by atoms with E-state index in [9.17, 15) is 38.4 Å². The molecule has 77 heavy (non-hydrogen) atoms. The standard InChI is InChI=1S/C61H68N2O14/c1-35(2)53(66)74-38(6)21-23-72-57(70)47-19-17-44(28-49(47)51(64)62-10)59(8,9)45-18-20-48(58(71)73-24-22-39(7)75-54(67)36(3)4)50(29-45)52(65)63-46-16-12-15-43(27-46)56(69)77-61-32-40-26-41(33-61)31-60(30-40,34-61)76-55(68)42-14-11-13-37(5)25-42/h11-20,25,27-29,38-41H,1,3,21-24,26,30-34H2,2,4-10H3,(H,62,64)(H,63,65). The molecule has 0 aromatic heterocycles. The van der Waals surface area contributed by atoms with Gasteiger partial charge in [-0.3, -0.25) is 9.59 Å². The van der Waals surface area contributed by atoms with Gasteiger partial charge in [0.05, 0.1) is 46.6 Å². The number of hydrogen-bond acceptors (Lipinski definition) is 14. The van der Waals surface area contributed by atoms with Gasteiger partial charge in [0.1, 0.15) is 23.4 Å². The molecule has 406 valence electrons. The summed E-state index contributed by atoms with van der Waals surface area (Å²) in [6.45, 7) is 18.9. The molecular formula is C61H68N2O14. The maximum Gasteiger partial charge on any atom is 0.338 e. The third-order valence-electron chi connectivity index (χ3n) is 14.6. The van der Waals surface area contributed by atoms with E-state index in [0.29, 0.717) is 48.8 Å². The first-order valence-corrected chi connectivity index (χ1v) is 25.9. The van der Waals surface area contributed by atoms with Gasteiger partial charge in [-0.25, -0.2) is 28.8 Å². The minimum atomic E-state index is -0.980. The first-order valence-electron chi connectivity index (χ1n) is 25.9. The smallest absolute Gasteiger partial charge is 0.338 e. The Morgan fingerprint density at radius 3 is 1.52 bits per heavy atom. The lowest BCUT2D eigenvalue weighted by Crippen LogP contribution is -2.61. The van der Waals surface area contributed by atoms with Crippen molar-refractivity contribution in [3.05, 3.63) is 159 Å². The maximum atomic E-state index is 14.6. The van der Waals surface area contributed by atoms with Crippen LogP contribution in [-0.4, -0.2) is 91.3 Å². The summed E-state index contributed by atoms with van der Waals surface area (Å²) in [5.74, 6) is -4.57. The first-order chi connectivity index (χ1) is 36.4. The molecule has 0 aliphatic heterocycles. The van der Waals surface area contributed by atoms with Crippen molar-refractivity contribution < 1.29 is 66.8 Å². The van der Waals surface area contributed by atoms with Crippen molar-refractivity contribution in [1.82, 2.24) is 5.32 Å². The number of aryl methyl sites for hydroxylation is 1. The molecule has 0 spiro atoms. The Kier molecular flexibility index (Phi) is 17.4. The highest BCUT2D eigenvalue weighted by atomic mass is 16.6. The number of ether oxygens (including phenoxy) is 6. The number of esters is 6.